The molecule has 0 bridgehead atoms. The third-order valence-corrected chi connectivity index (χ3v) is 2.41. The van der Waals surface area contributed by atoms with E-state index in [1.54, 1.807) is 6.20 Å². The fraction of sp³-hybridized carbons (Fsp3) is 0.333. The summed E-state index contributed by atoms with van der Waals surface area (Å²) in [4.78, 5) is 16.1. The zero-order valence-electron chi connectivity index (χ0n) is 13.2. The zero-order valence-corrected chi connectivity index (χ0v) is 13.2. The number of pyridine rings is 1. The second-order valence-corrected chi connectivity index (χ2v) is 3.79. The highest BCUT2D eigenvalue weighted by Gasteiger charge is 2.07. The van der Waals surface area contributed by atoms with E-state index in [9.17, 15) is 4.79 Å². The Morgan fingerprint density at radius 3 is 2.25 bits per heavy atom. The van der Waals surface area contributed by atoms with E-state index in [0.29, 0.717) is 6.42 Å². The summed E-state index contributed by atoms with van der Waals surface area (Å²) in [5, 5.41) is 0. The lowest BCUT2D eigenvalue weighted by atomic mass is 10.0. The van der Waals surface area contributed by atoms with Gasteiger partial charge in [0.1, 0.15) is 0 Å². The first kappa shape index (κ1) is 18.0. The predicted molar refractivity (Wildman–Crippen MR) is 86.1 cm³/mol. The van der Waals surface area contributed by atoms with Crippen LogP contribution in [0.4, 0.5) is 0 Å². The van der Waals surface area contributed by atoms with Crippen LogP contribution in [-0.2, 0) is 6.42 Å². The highest BCUT2D eigenvalue weighted by Crippen LogP contribution is 2.08. The fourth-order valence-electron chi connectivity index (χ4n) is 1.59. The number of hydrogen-bond donors (Lipinski definition) is 0. The molecule has 2 rings (SSSR count). The van der Waals surface area contributed by atoms with Gasteiger partial charge in [-0.3, -0.25) is 9.78 Å². The average Bonchev–Trinajstić information content (AvgIpc) is 2.52. The number of nitrogens with zero attached hydrogens (tertiary/aromatic N) is 1. The van der Waals surface area contributed by atoms with Gasteiger partial charge in [-0.15, -0.1) is 0 Å². The maximum atomic E-state index is 11.9. The molecule has 0 N–H and O–H groups in total. The van der Waals surface area contributed by atoms with Crippen molar-refractivity contribution in [3.63, 3.8) is 0 Å². The number of hydrogen-bond acceptors (Lipinski definition) is 2. The number of Topliss-reactive ketones (excluding diaryl/α,β-unsaturated/α-hetero) is 1. The lowest BCUT2D eigenvalue weighted by Crippen LogP contribution is -2.04. The van der Waals surface area contributed by atoms with Gasteiger partial charge >= 0.3 is 0 Å². The Balaban J connectivity index is 0.000000829. The van der Waals surface area contributed by atoms with Crippen molar-refractivity contribution in [1.82, 2.24) is 4.98 Å². The van der Waals surface area contributed by atoms with Gasteiger partial charge in [-0.25, -0.2) is 0 Å². The van der Waals surface area contributed by atoms with Gasteiger partial charge in [-0.2, -0.15) is 0 Å². The van der Waals surface area contributed by atoms with Crippen molar-refractivity contribution >= 4 is 5.78 Å². The molecule has 0 aliphatic carbocycles. The molecule has 1 heterocycles. The van der Waals surface area contributed by atoms with Crippen molar-refractivity contribution in [3.8, 4) is 0 Å². The van der Waals surface area contributed by atoms with E-state index < -0.39 is 0 Å². The molecule has 0 spiro atoms. The Morgan fingerprint density at radius 2 is 1.70 bits per heavy atom. The quantitative estimate of drug-likeness (QED) is 0.746. The van der Waals surface area contributed by atoms with Crippen molar-refractivity contribution in [2.75, 3.05) is 0 Å². The van der Waals surface area contributed by atoms with Crippen LogP contribution in [0.1, 0.15) is 49.3 Å². The van der Waals surface area contributed by atoms with Crippen molar-refractivity contribution in [3.05, 3.63) is 65.5 Å². The van der Waals surface area contributed by atoms with Crippen LogP contribution in [-0.4, -0.2) is 10.8 Å². The molecule has 0 aliphatic rings. The molecule has 20 heavy (non-hydrogen) atoms. The monoisotopic (exact) mass is 271 g/mol. The van der Waals surface area contributed by atoms with Crippen molar-refractivity contribution in [2.24, 2.45) is 0 Å². The van der Waals surface area contributed by atoms with Gasteiger partial charge in [0.2, 0.25) is 0 Å². The molecule has 0 saturated carbocycles. The van der Waals surface area contributed by atoms with E-state index in [2.05, 4.69) is 4.98 Å². The van der Waals surface area contributed by atoms with Gasteiger partial charge in [0, 0.05) is 17.5 Å². The Labute approximate surface area is 122 Å². The van der Waals surface area contributed by atoms with Gasteiger partial charge in [-0.1, -0.05) is 57.5 Å². The fourth-order valence-corrected chi connectivity index (χ4v) is 1.59. The van der Waals surface area contributed by atoms with Gasteiger partial charge in [0.15, 0.2) is 5.78 Å². The van der Waals surface area contributed by atoms with Crippen molar-refractivity contribution in [1.29, 1.82) is 0 Å². The lowest BCUT2D eigenvalue weighted by molar-refractivity contribution is 0.0992. The van der Waals surface area contributed by atoms with Crippen LogP contribution in [0.25, 0.3) is 0 Å². The van der Waals surface area contributed by atoms with E-state index in [4.69, 9.17) is 0 Å². The summed E-state index contributed by atoms with van der Waals surface area (Å²) < 4.78 is 0. The standard InChI is InChI=1S/C14H13NO.2C2H6/c1-11-5-4-6-12(9-11)14(16)10-13-7-2-3-8-15-13;2*1-2/h2-9H,10H2,1H3;2*1-2H3. The van der Waals surface area contributed by atoms with Crippen molar-refractivity contribution in [2.45, 2.75) is 41.0 Å². The van der Waals surface area contributed by atoms with Crippen LogP contribution >= 0.6 is 0 Å². The maximum Gasteiger partial charge on any atom is 0.168 e. The minimum atomic E-state index is 0.113. The molecule has 0 fully saturated rings. The maximum absolute atomic E-state index is 11.9. The van der Waals surface area contributed by atoms with Crippen LogP contribution < -0.4 is 0 Å². The van der Waals surface area contributed by atoms with Gasteiger partial charge in [0.05, 0.1) is 6.42 Å². The molecule has 1 aromatic heterocycles. The number of carbonyl (C=O) groups is 1. The largest absolute Gasteiger partial charge is 0.294 e. The number of rotatable bonds is 3. The highest BCUT2D eigenvalue weighted by molar-refractivity contribution is 5.97. The molecular weight excluding hydrogens is 246 g/mol. The average molecular weight is 271 g/mol. The topological polar surface area (TPSA) is 30.0 Å². The van der Waals surface area contributed by atoms with E-state index in [1.165, 1.54) is 0 Å². The minimum Gasteiger partial charge on any atom is -0.294 e. The summed E-state index contributed by atoms with van der Waals surface area (Å²) in [7, 11) is 0. The van der Waals surface area contributed by atoms with Crippen LogP contribution in [0.15, 0.2) is 48.7 Å². The Morgan fingerprint density at radius 1 is 1.00 bits per heavy atom. The van der Waals surface area contributed by atoms with Crippen LogP contribution in [0.3, 0.4) is 0 Å². The first-order valence-electron chi connectivity index (χ1n) is 7.25. The molecule has 0 atom stereocenters. The summed E-state index contributed by atoms with van der Waals surface area (Å²) >= 11 is 0. The SMILES string of the molecule is CC.CC.Cc1cccc(C(=O)Cc2ccccn2)c1. The van der Waals surface area contributed by atoms with Crippen LogP contribution in [0.2, 0.25) is 0 Å². The molecular formula is C18H25NO. The molecule has 0 radical (unpaired) electrons. The van der Waals surface area contributed by atoms with Crippen LogP contribution in [0.5, 0.6) is 0 Å². The summed E-state index contributed by atoms with van der Waals surface area (Å²) in [6.45, 7) is 9.98. The number of aromatic nitrogens is 1. The first-order valence-corrected chi connectivity index (χ1v) is 7.25. The Kier molecular flexibility index (Phi) is 9.85. The molecule has 0 unspecified atom stereocenters. The van der Waals surface area contributed by atoms with Gasteiger partial charge in [0.25, 0.3) is 0 Å². The van der Waals surface area contributed by atoms with Gasteiger partial charge < -0.3 is 0 Å². The van der Waals surface area contributed by atoms with E-state index in [0.717, 1.165) is 16.8 Å². The van der Waals surface area contributed by atoms with Crippen LogP contribution in [0, 0.1) is 6.92 Å². The molecule has 108 valence electrons. The summed E-state index contributed by atoms with van der Waals surface area (Å²) in [6.07, 6.45) is 2.07. The highest BCUT2D eigenvalue weighted by atomic mass is 16.1. The zero-order chi connectivity index (χ0) is 15.4. The molecule has 0 aliphatic heterocycles. The summed E-state index contributed by atoms with van der Waals surface area (Å²) in [6, 6.07) is 13.3. The predicted octanol–water partition coefficient (Wildman–Crippen LogP) is 4.87. The molecule has 2 aromatic rings. The number of benzene rings is 1. The normalized spacial score (nSPS) is 8.65. The van der Waals surface area contributed by atoms with E-state index >= 15 is 0 Å². The molecule has 2 heteroatoms. The summed E-state index contributed by atoms with van der Waals surface area (Å²) in [5.41, 5.74) is 2.67. The molecule has 1 aromatic carbocycles. The summed E-state index contributed by atoms with van der Waals surface area (Å²) in [5.74, 6) is 0.113. The number of carbonyl (C=O) groups excluding carboxylic acids is 1. The third-order valence-electron chi connectivity index (χ3n) is 2.41. The van der Waals surface area contributed by atoms with E-state index in [1.807, 2.05) is 77.1 Å². The Bertz CT molecular complexity index is 492. The number of ketones is 1. The second-order valence-electron chi connectivity index (χ2n) is 3.79. The molecule has 0 saturated heterocycles. The number of aryl methyl sites for hydroxylation is 1. The minimum absolute atomic E-state index is 0.113. The first-order chi connectivity index (χ1) is 9.75. The lowest BCUT2D eigenvalue weighted by Gasteiger charge is -2.01. The Hall–Kier alpha value is -1.96. The van der Waals surface area contributed by atoms with Crippen molar-refractivity contribution < 1.29 is 4.79 Å². The molecule has 2 nitrogen and oxygen atoms in total. The van der Waals surface area contributed by atoms with Gasteiger partial charge in [-0.05, 0) is 25.1 Å². The van der Waals surface area contributed by atoms with E-state index in [-0.39, 0.29) is 5.78 Å². The molecule has 0 amide bonds. The second kappa shape index (κ2) is 10.9. The smallest absolute Gasteiger partial charge is 0.168 e. The third kappa shape index (κ3) is 6.28.